The highest BCUT2D eigenvalue weighted by molar-refractivity contribution is 7.71. The Bertz CT molecular complexity index is 659. The fourth-order valence-corrected chi connectivity index (χ4v) is 1.57. The van der Waals surface area contributed by atoms with Gasteiger partial charge in [-0.25, -0.2) is 5.10 Å². The third kappa shape index (κ3) is 3.15. The van der Waals surface area contributed by atoms with Crippen LogP contribution < -0.4 is 0 Å². The van der Waals surface area contributed by atoms with E-state index in [9.17, 15) is 8.78 Å². The maximum Gasteiger partial charge on any atom is 0.383 e. The molecule has 0 atom stereocenters. The molecule has 0 radical (unpaired) electrons. The molecule has 2 aromatic rings. The lowest BCUT2D eigenvalue weighted by molar-refractivity contribution is 0.0805. The standard InChI is InChI=1S/C10H7ClF2N4OS/c11-10(12,13)8-15-16-9(19)17(8)14-5-6-1-3-7(18)4-2-6/h1-5,18H,(H,16,19). The highest BCUT2D eigenvalue weighted by Gasteiger charge is 2.34. The van der Waals surface area contributed by atoms with E-state index in [0.717, 1.165) is 4.68 Å². The SMILES string of the molecule is Oc1ccc(C=Nn2c(C(F)(F)Cl)n[nH]c2=S)cc1. The molecular weight excluding hydrogens is 298 g/mol. The molecule has 0 aliphatic heterocycles. The third-order valence-electron chi connectivity index (χ3n) is 2.12. The number of nitrogens with one attached hydrogen (secondary N) is 1. The van der Waals surface area contributed by atoms with E-state index in [0.29, 0.717) is 5.56 Å². The van der Waals surface area contributed by atoms with Gasteiger partial charge in [0.05, 0.1) is 6.21 Å². The van der Waals surface area contributed by atoms with E-state index in [2.05, 4.69) is 15.3 Å². The zero-order valence-electron chi connectivity index (χ0n) is 9.22. The smallest absolute Gasteiger partial charge is 0.383 e. The Hall–Kier alpha value is -1.80. The first-order chi connectivity index (χ1) is 8.88. The van der Waals surface area contributed by atoms with Gasteiger partial charge in [-0.2, -0.15) is 18.6 Å². The number of hydrogen-bond donors (Lipinski definition) is 2. The van der Waals surface area contributed by atoms with E-state index in [4.69, 9.17) is 28.9 Å². The van der Waals surface area contributed by atoms with Crippen molar-refractivity contribution in [3.63, 3.8) is 0 Å². The number of H-pyrrole nitrogens is 1. The summed E-state index contributed by atoms with van der Waals surface area (Å²) in [6.45, 7) is 0. The fraction of sp³-hybridized carbons (Fsp3) is 0.100. The summed E-state index contributed by atoms with van der Waals surface area (Å²) in [5.74, 6) is -0.709. The minimum Gasteiger partial charge on any atom is -0.508 e. The van der Waals surface area contributed by atoms with E-state index < -0.39 is 11.2 Å². The molecule has 19 heavy (non-hydrogen) atoms. The number of hydrogen-bond acceptors (Lipinski definition) is 4. The molecule has 5 nitrogen and oxygen atoms in total. The highest BCUT2D eigenvalue weighted by atomic mass is 35.5. The van der Waals surface area contributed by atoms with Gasteiger partial charge in [0.2, 0.25) is 10.6 Å². The Labute approximate surface area is 116 Å². The molecule has 1 heterocycles. The molecule has 0 unspecified atom stereocenters. The molecule has 0 amide bonds. The van der Waals surface area contributed by atoms with Crippen molar-refractivity contribution < 1.29 is 13.9 Å². The van der Waals surface area contributed by atoms with Crippen molar-refractivity contribution in [2.24, 2.45) is 5.10 Å². The molecule has 9 heteroatoms. The summed E-state index contributed by atoms with van der Waals surface area (Å²) in [4.78, 5) is 0. The zero-order valence-corrected chi connectivity index (χ0v) is 10.8. The number of alkyl halides is 3. The highest BCUT2D eigenvalue weighted by Crippen LogP contribution is 2.30. The van der Waals surface area contributed by atoms with Crippen LogP contribution in [0.1, 0.15) is 11.4 Å². The first kappa shape index (κ1) is 13.6. The van der Waals surface area contributed by atoms with Gasteiger partial charge in [0.25, 0.3) is 0 Å². The number of halogens is 3. The Morgan fingerprint density at radius 2 is 2.05 bits per heavy atom. The predicted octanol–water partition coefficient (Wildman–Crippen LogP) is 2.82. The summed E-state index contributed by atoms with van der Waals surface area (Å²) >= 11 is 9.67. The van der Waals surface area contributed by atoms with Gasteiger partial charge in [-0.1, -0.05) is 0 Å². The van der Waals surface area contributed by atoms with Gasteiger partial charge in [-0.05, 0) is 53.6 Å². The average Bonchev–Trinajstić information content (AvgIpc) is 2.70. The van der Waals surface area contributed by atoms with Crippen LogP contribution in [-0.4, -0.2) is 26.2 Å². The molecular formula is C10H7ClF2N4OS. The van der Waals surface area contributed by atoms with Gasteiger partial charge in [0, 0.05) is 0 Å². The Balaban J connectivity index is 2.36. The number of aromatic amines is 1. The number of rotatable bonds is 3. The summed E-state index contributed by atoms with van der Waals surface area (Å²) in [6.07, 6.45) is 1.29. The third-order valence-corrected chi connectivity index (χ3v) is 2.55. The van der Waals surface area contributed by atoms with Crippen LogP contribution in [0.5, 0.6) is 5.75 Å². The van der Waals surface area contributed by atoms with Crippen LogP contribution in [0.25, 0.3) is 0 Å². The van der Waals surface area contributed by atoms with Crippen LogP contribution in [0.2, 0.25) is 0 Å². The van der Waals surface area contributed by atoms with Crippen molar-refractivity contribution >= 4 is 30.0 Å². The van der Waals surface area contributed by atoms with Gasteiger partial charge < -0.3 is 5.11 Å². The summed E-state index contributed by atoms with van der Waals surface area (Å²) in [6, 6.07) is 5.99. The second-order valence-corrected chi connectivity index (χ2v) is 4.36. The lowest BCUT2D eigenvalue weighted by atomic mass is 10.2. The predicted molar refractivity (Wildman–Crippen MR) is 68.3 cm³/mol. The number of phenolic OH excluding ortho intramolecular Hbond substituents is 1. The zero-order chi connectivity index (χ0) is 14.0. The second-order valence-electron chi connectivity index (χ2n) is 3.50. The molecule has 0 aliphatic carbocycles. The molecule has 0 bridgehead atoms. The van der Waals surface area contributed by atoms with E-state index in [1.165, 1.54) is 18.3 Å². The first-order valence-electron chi connectivity index (χ1n) is 4.96. The lowest BCUT2D eigenvalue weighted by Gasteiger charge is -2.05. The largest absolute Gasteiger partial charge is 0.508 e. The Kier molecular flexibility index (Phi) is 3.63. The molecule has 0 spiro atoms. The number of benzene rings is 1. The normalized spacial score (nSPS) is 12.2. The molecule has 0 saturated heterocycles. The van der Waals surface area contributed by atoms with Crippen LogP contribution in [0.4, 0.5) is 8.78 Å². The quantitative estimate of drug-likeness (QED) is 0.520. The molecule has 1 aromatic heterocycles. The molecule has 100 valence electrons. The van der Waals surface area contributed by atoms with E-state index in [1.54, 1.807) is 12.1 Å². The van der Waals surface area contributed by atoms with Crippen molar-refractivity contribution in [2.75, 3.05) is 0 Å². The average molecular weight is 305 g/mol. The summed E-state index contributed by atoms with van der Waals surface area (Å²) in [5, 5.41) is 14.7. The first-order valence-corrected chi connectivity index (χ1v) is 5.74. The van der Waals surface area contributed by atoms with Gasteiger partial charge in [-0.3, -0.25) is 0 Å². The van der Waals surface area contributed by atoms with Crippen molar-refractivity contribution in [2.45, 2.75) is 5.38 Å². The minimum atomic E-state index is -3.68. The van der Waals surface area contributed by atoms with E-state index in [1.807, 2.05) is 0 Å². The monoisotopic (exact) mass is 304 g/mol. The maximum atomic E-state index is 13.0. The Morgan fingerprint density at radius 3 is 2.63 bits per heavy atom. The van der Waals surface area contributed by atoms with Crippen LogP contribution in [0.3, 0.4) is 0 Å². The van der Waals surface area contributed by atoms with Crippen LogP contribution in [-0.2, 0) is 5.38 Å². The summed E-state index contributed by atoms with van der Waals surface area (Å²) < 4.78 is 26.7. The molecule has 0 aliphatic rings. The minimum absolute atomic E-state index is 0.0880. The van der Waals surface area contributed by atoms with E-state index >= 15 is 0 Å². The van der Waals surface area contributed by atoms with Crippen molar-refractivity contribution in [3.8, 4) is 5.75 Å². The molecule has 2 rings (SSSR count). The molecule has 0 fully saturated rings. The topological polar surface area (TPSA) is 66.2 Å². The van der Waals surface area contributed by atoms with Crippen molar-refractivity contribution in [1.82, 2.24) is 14.9 Å². The lowest BCUT2D eigenvalue weighted by Crippen LogP contribution is -2.11. The van der Waals surface area contributed by atoms with Crippen LogP contribution in [0.15, 0.2) is 29.4 Å². The Morgan fingerprint density at radius 1 is 1.42 bits per heavy atom. The van der Waals surface area contributed by atoms with E-state index in [-0.39, 0.29) is 10.5 Å². The molecule has 2 N–H and O–H groups in total. The van der Waals surface area contributed by atoms with Gasteiger partial charge in [0.15, 0.2) is 0 Å². The molecule has 0 saturated carbocycles. The van der Waals surface area contributed by atoms with Crippen LogP contribution in [0, 0.1) is 4.77 Å². The number of aromatic hydroxyl groups is 1. The second kappa shape index (κ2) is 5.06. The van der Waals surface area contributed by atoms with Gasteiger partial charge in [-0.15, -0.1) is 5.10 Å². The van der Waals surface area contributed by atoms with Gasteiger partial charge >= 0.3 is 5.38 Å². The summed E-state index contributed by atoms with van der Waals surface area (Å²) in [5.41, 5.74) is 0.588. The van der Waals surface area contributed by atoms with Crippen molar-refractivity contribution in [3.05, 3.63) is 40.4 Å². The molecule has 1 aromatic carbocycles. The maximum absolute atomic E-state index is 13.0. The van der Waals surface area contributed by atoms with Crippen LogP contribution >= 0.6 is 23.8 Å². The summed E-state index contributed by atoms with van der Waals surface area (Å²) in [7, 11) is 0. The number of nitrogens with zero attached hydrogens (tertiary/aromatic N) is 3. The van der Waals surface area contributed by atoms with Gasteiger partial charge in [0.1, 0.15) is 5.75 Å². The number of aromatic nitrogens is 3. The van der Waals surface area contributed by atoms with Crippen molar-refractivity contribution in [1.29, 1.82) is 0 Å². The fourth-order valence-electron chi connectivity index (χ4n) is 1.27. The number of phenols is 1.